The van der Waals surface area contributed by atoms with E-state index in [1.54, 1.807) is 14.0 Å². The number of benzene rings is 1. The molecule has 0 spiro atoms. The van der Waals surface area contributed by atoms with Crippen molar-refractivity contribution in [2.45, 2.75) is 57.9 Å². The van der Waals surface area contributed by atoms with Crippen LogP contribution in [0.2, 0.25) is 0 Å². The van der Waals surface area contributed by atoms with E-state index in [0.29, 0.717) is 6.42 Å². The van der Waals surface area contributed by atoms with Gasteiger partial charge in [0.25, 0.3) is 5.91 Å². The Hall–Kier alpha value is -2.37. The van der Waals surface area contributed by atoms with E-state index in [1.165, 1.54) is 11.3 Å². The van der Waals surface area contributed by atoms with Crippen LogP contribution in [-0.4, -0.2) is 41.9 Å². The molecule has 0 aliphatic carbocycles. The Kier molecular flexibility index (Phi) is 6.77. The Morgan fingerprint density at radius 2 is 1.77 bits per heavy atom. The quantitative estimate of drug-likeness (QED) is 0.543. The summed E-state index contributed by atoms with van der Waals surface area (Å²) in [5.41, 5.74) is -0.183. The Morgan fingerprint density at radius 1 is 1.12 bits per heavy atom. The monoisotopic (exact) mass is 359 g/mol. The van der Waals surface area contributed by atoms with Crippen LogP contribution in [0.4, 0.5) is 10.5 Å². The highest BCUT2D eigenvalue weighted by Gasteiger charge is 2.47. The minimum atomic E-state index is -0.908. The van der Waals surface area contributed by atoms with Gasteiger partial charge in [-0.05, 0) is 25.5 Å². The number of carbonyl (C=O) groups excluding carboxylic acids is 3. The summed E-state index contributed by atoms with van der Waals surface area (Å²) in [4.78, 5) is 40.0. The van der Waals surface area contributed by atoms with Crippen molar-refractivity contribution >= 4 is 23.5 Å². The zero-order valence-electron chi connectivity index (χ0n) is 16.0. The molecule has 1 aliphatic heterocycles. The van der Waals surface area contributed by atoms with E-state index in [-0.39, 0.29) is 18.4 Å². The number of para-hydroxylation sites is 1. The molecule has 1 aromatic carbocycles. The standard InChI is InChI=1S/C20H29N3O3/c1-4-5-6-7-11-14-20(2)18(25)23(19(26)21-20)15-17(24)22(3)16-12-9-8-10-13-16/h8-10,12-13H,4-7,11,14-15H2,1-3H3,(H,21,26). The molecule has 2 rings (SSSR count). The van der Waals surface area contributed by atoms with E-state index in [0.717, 1.165) is 36.3 Å². The number of nitrogens with one attached hydrogen (secondary N) is 1. The van der Waals surface area contributed by atoms with Gasteiger partial charge in [-0.1, -0.05) is 57.2 Å². The van der Waals surface area contributed by atoms with E-state index in [2.05, 4.69) is 12.2 Å². The van der Waals surface area contributed by atoms with Gasteiger partial charge in [0.2, 0.25) is 5.91 Å². The van der Waals surface area contributed by atoms with Crippen LogP contribution in [0.1, 0.15) is 52.4 Å². The molecule has 1 aliphatic rings. The lowest BCUT2D eigenvalue weighted by molar-refractivity contribution is -0.134. The number of rotatable bonds is 9. The van der Waals surface area contributed by atoms with Gasteiger partial charge in [-0.2, -0.15) is 0 Å². The van der Waals surface area contributed by atoms with Crippen molar-refractivity contribution in [2.75, 3.05) is 18.5 Å². The first-order valence-corrected chi connectivity index (χ1v) is 9.35. The van der Waals surface area contributed by atoms with Crippen molar-refractivity contribution in [3.8, 4) is 0 Å². The zero-order chi connectivity index (χ0) is 19.2. The number of nitrogens with zero attached hydrogens (tertiary/aromatic N) is 2. The lowest BCUT2D eigenvalue weighted by Crippen LogP contribution is -2.45. The minimum Gasteiger partial charge on any atom is -0.323 e. The number of urea groups is 1. The Morgan fingerprint density at radius 3 is 2.42 bits per heavy atom. The van der Waals surface area contributed by atoms with Crippen molar-refractivity contribution < 1.29 is 14.4 Å². The number of hydrogen-bond acceptors (Lipinski definition) is 3. The predicted molar refractivity (Wildman–Crippen MR) is 102 cm³/mol. The topological polar surface area (TPSA) is 69.7 Å². The third kappa shape index (κ3) is 4.62. The first-order valence-electron chi connectivity index (χ1n) is 9.35. The molecule has 1 atom stereocenters. The summed E-state index contributed by atoms with van der Waals surface area (Å²) >= 11 is 0. The largest absolute Gasteiger partial charge is 0.325 e. The summed E-state index contributed by atoms with van der Waals surface area (Å²) in [6.45, 7) is 3.66. The van der Waals surface area contributed by atoms with Gasteiger partial charge in [-0.15, -0.1) is 0 Å². The molecule has 1 heterocycles. The normalized spacial score (nSPS) is 19.6. The number of carbonyl (C=O) groups is 3. The maximum atomic E-state index is 12.7. The van der Waals surface area contributed by atoms with Crippen LogP contribution in [-0.2, 0) is 9.59 Å². The van der Waals surface area contributed by atoms with Gasteiger partial charge < -0.3 is 10.2 Å². The summed E-state index contributed by atoms with van der Waals surface area (Å²) in [6, 6.07) is 8.67. The first kappa shape index (κ1) is 19.9. The van der Waals surface area contributed by atoms with Crippen LogP contribution in [0.15, 0.2) is 30.3 Å². The lowest BCUT2D eigenvalue weighted by atomic mass is 9.94. The van der Waals surface area contributed by atoms with Crippen molar-refractivity contribution in [2.24, 2.45) is 0 Å². The van der Waals surface area contributed by atoms with E-state index in [1.807, 2.05) is 30.3 Å². The maximum absolute atomic E-state index is 12.7. The van der Waals surface area contributed by atoms with Gasteiger partial charge in [-0.25, -0.2) is 4.79 Å². The molecule has 0 saturated carbocycles. The fourth-order valence-corrected chi connectivity index (χ4v) is 3.18. The molecule has 0 aromatic heterocycles. The zero-order valence-corrected chi connectivity index (χ0v) is 16.0. The van der Waals surface area contributed by atoms with Crippen molar-refractivity contribution in [1.29, 1.82) is 0 Å². The number of amides is 4. The Labute approximate surface area is 155 Å². The molecule has 1 fully saturated rings. The third-order valence-corrected chi connectivity index (χ3v) is 4.94. The van der Waals surface area contributed by atoms with Gasteiger partial charge in [0.05, 0.1) is 0 Å². The van der Waals surface area contributed by atoms with Gasteiger partial charge in [-0.3, -0.25) is 14.5 Å². The number of likely N-dealkylation sites (N-methyl/N-ethyl adjacent to an activating group) is 1. The Bertz CT molecular complexity index is 647. The van der Waals surface area contributed by atoms with E-state index >= 15 is 0 Å². The Balaban J connectivity index is 1.94. The number of anilines is 1. The smallest absolute Gasteiger partial charge is 0.323 e. The van der Waals surface area contributed by atoms with E-state index < -0.39 is 11.6 Å². The van der Waals surface area contributed by atoms with Gasteiger partial charge in [0.1, 0.15) is 12.1 Å². The van der Waals surface area contributed by atoms with Crippen LogP contribution < -0.4 is 10.2 Å². The average Bonchev–Trinajstić information content (AvgIpc) is 2.85. The van der Waals surface area contributed by atoms with Gasteiger partial charge in [0, 0.05) is 12.7 Å². The lowest BCUT2D eigenvalue weighted by Gasteiger charge is -2.23. The van der Waals surface area contributed by atoms with Gasteiger partial charge in [0.15, 0.2) is 0 Å². The van der Waals surface area contributed by atoms with Crippen LogP contribution in [0.3, 0.4) is 0 Å². The predicted octanol–water partition coefficient (Wildman–Crippen LogP) is 3.32. The van der Waals surface area contributed by atoms with Crippen LogP contribution in [0.25, 0.3) is 0 Å². The van der Waals surface area contributed by atoms with E-state index in [4.69, 9.17) is 0 Å². The minimum absolute atomic E-state index is 0.249. The SMILES string of the molecule is CCCCCCCC1(C)NC(=O)N(CC(=O)N(C)c2ccccc2)C1=O. The van der Waals surface area contributed by atoms with Gasteiger partial charge >= 0.3 is 6.03 Å². The second kappa shape index (κ2) is 8.83. The van der Waals surface area contributed by atoms with Crippen molar-refractivity contribution in [1.82, 2.24) is 10.2 Å². The highest BCUT2D eigenvalue weighted by atomic mass is 16.2. The molecule has 0 radical (unpaired) electrons. The molecule has 6 heteroatoms. The molecule has 1 N–H and O–H groups in total. The highest BCUT2D eigenvalue weighted by molar-refractivity contribution is 6.10. The second-order valence-electron chi connectivity index (χ2n) is 7.11. The third-order valence-electron chi connectivity index (χ3n) is 4.94. The van der Waals surface area contributed by atoms with E-state index in [9.17, 15) is 14.4 Å². The maximum Gasteiger partial charge on any atom is 0.325 e. The fraction of sp³-hybridized carbons (Fsp3) is 0.550. The van der Waals surface area contributed by atoms with Crippen LogP contribution >= 0.6 is 0 Å². The van der Waals surface area contributed by atoms with Crippen LogP contribution in [0.5, 0.6) is 0 Å². The molecule has 142 valence electrons. The number of hydrogen-bond donors (Lipinski definition) is 1. The molecule has 0 bridgehead atoms. The second-order valence-corrected chi connectivity index (χ2v) is 7.11. The molecular weight excluding hydrogens is 330 g/mol. The summed E-state index contributed by atoms with van der Waals surface area (Å²) in [7, 11) is 1.64. The van der Waals surface area contributed by atoms with Crippen molar-refractivity contribution in [3.05, 3.63) is 30.3 Å². The molecule has 1 unspecified atom stereocenters. The molecule has 6 nitrogen and oxygen atoms in total. The highest BCUT2D eigenvalue weighted by Crippen LogP contribution is 2.24. The summed E-state index contributed by atoms with van der Waals surface area (Å²) in [5.74, 6) is -0.611. The number of imide groups is 1. The molecule has 26 heavy (non-hydrogen) atoms. The molecule has 1 aromatic rings. The summed E-state index contributed by atoms with van der Waals surface area (Å²) in [5, 5.41) is 2.77. The first-order chi connectivity index (χ1) is 12.4. The summed E-state index contributed by atoms with van der Waals surface area (Å²) in [6.07, 6.45) is 6.01. The van der Waals surface area contributed by atoms with Crippen LogP contribution in [0, 0.1) is 0 Å². The molecular formula is C20H29N3O3. The fourth-order valence-electron chi connectivity index (χ4n) is 3.18. The van der Waals surface area contributed by atoms with Crippen molar-refractivity contribution in [3.63, 3.8) is 0 Å². The summed E-state index contributed by atoms with van der Waals surface area (Å²) < 4.78 is 0. The molecule has 4 amide bonds. The molecule has 1 saturated heterocycles. The number of unbranched alkanes of at least 4 members (excludes halogenated alkanes) is 4. The average molecular weight is 359 g/mol.